The lowest BCUT2D eigenvalue weighted by molar-refractivity contribution is 0.0981. The molecule has 0 saturated heterocycles. The summed E-state index contributed by atoms with van der Waals surface area (Å²) in [6, 6.07) is 18.4. The van der Waals surface area contributed by atoms with Crippen LogP contribution in [0.5, 0.6) is 0 Å². The fourth-order valence-electron chi connectivity index (χ4n) is 3.67. The lowest BCUT2D eigenvalue weighted by atomic mass is 10.1. The summed E-state index contributed by atoms with van der Waals surface area (Å²) < 4.78 is 0. The molecule has 1 aliphatic heterocycles. The molecule has 136 valence electrons. The molecule has 0 bridgehead atoms. The number of carbonyl (C=O) groups is 1. The van der Waals surface area contributed by atoms with Gasteiger partial charge in [0.2, 0.25) is 0 Å². The normalized spacial score (nSPS) is 15.5. The first-order chi connectivity index (χ1) is 13.1. The van der Waals surface area contributed by atoms with Crippen LogP contribution in [0.4, 0.5) is 11.4 Å². The molecule has 0 radical (unpaired) electrons. The monoisotopic (exact) mass is 357 g/mol. The van der Waals surface area contributed by atoms with E-state index in [1.54, 1.807) is 12.4 Å². The van der Waals surface area contributed by atoms with Gasteiger partial charge in [-0.15, -0.1) is 0 Å². The van der Waals surface area contributed by atoms with E-state index in [9.17, 15) is 4.79 Å². The van der Waals surface area contributed by atoms with Crippen molar-refractivity contribution in [3.63, 3.8) is 0 Å². The molecule has 0 spiro atoms. The Morgan fingerprint density at radius 1 is 1.15 bits per heavy atom. The zero-order valence-corrected chi connectivity index (χ0v) is 15.6. The highest BCUT2D eigenvalue weighted by Crippen LogP contribution is 2.33. The first-order valence-electron chi connectivity index (χ1n) is 9.28. The third-order valence-corrected chi connectivity index (χ3v) is 5.16. The Hall–Kier alpha value is -3.14. The smallest absolute Gasteiger partial charge is 0.260 e. The van der Waals surface area contributed by atoms with E-state index in [4.69, 9.17) is 0 Å². The molecule has 4 heteroatoms. The van der Waals surface area contributed by atoms with Crippen molar-refractivity contribution in [1.29, 1.82) is 0 Å². The molecule has 0 saturated carbocycles. The summed E-state index contributed by atoms with van der Waals surface area (Å²) in [6.07, 6.45) is 4.30. The van der Waals surface area contributed by atoms with Gasteiger partial charge in [0.25, 0.3) is 5.91 Å². The second-order valence-electron chi connectivity index (χ2n) is 7.10. The molecule has 1 N–H and O–H groups in total. The first kappa shape index (κ1) is 17.3. The van der Waals surface area contributed by atoms with Crippen LogP contribution >= 0.6 is 0 Å². The van der Waals surface area contributed by atoms with Crippen LogP contribution in [0.1, 0.15) is 34.0 Å². The van der Waals surface area contributed by atoms with Gasteiger partial charge in [-0.1, -0.05) is 42.5 Å². The van der Waals surface area contributed by atoms with Gasteiger partial charge >= 0.3 is 0 Å². The Balaban J connectivity index is 1.54. The van der Waals surface area contributed by atoms with Crippen LogP contribution in [-0.2, 0) is 13.0 Å². The maximum absolute atomic E-state index is 13.2. The number of fused-ring (bicyclic) bond motifs is 1. The van der Waals surface area contributed by atoms with Crippen molar-refractivity contribution in [3.8, 4) is 0 Å². The van der Waals surface area contributed by atoms with Crippen LogP contribution < -0.4 is 10.2 Å². The minimum absolute atomic E-state index is 0.000471. The van der Waals surface area contributed by atoms with E-state index in [0.29, 0.717) is 12.1 Å². The number of carbonyl (C=O) groups excluding carboxylic acids is 1. The predicted octanol–water partition coefficient (Wildman–Crippen LogP) is 4.59. The molecule has 1 unspecified atom stereocenters. The number of amides is 1. The Labute approximate surface area is 159 Å². The molecule has 2 heterocycles. The number of hydrogen-bond donors (Lipinski definition) is 1. The molecule has 2 aromatic carbocycles. The van der Waals surface area contributed by atoms with Crippen molar-refractivity contribution in [2.45, 2.75) is 32.9 Å². The van der Waals surface area contributed by atoms with Gasteiger partial charge in [-0.05, 0) is 49.1 Å². The van der Waals surface area contributed by atoms with E-state index in [2.05, 4.69) is 42.3 Å². The Morgan fingerprint density at radius 2 is 1.93 bits per heavy atom. The molecule has 1 aliphatic rings. The van der Waals surface area contributed by atoms with Crippen molar-refractivity contribution in [1.82, 2.24) is 4.98 Å². The molecule has 0 aliphatic carbocycles. The summed E-state index contributed by atoms with van der Waals surface area (Å²) in [5.41, 5.74) is 6.16. The van der Waals surface area contributed by atoms with E-state index >= 15 is 0 Å². The van der Waals surface area contributed by atoms with Gasteiger partial charge in [0, 0.05) is 30.7 Å². The summed E-state index contributed by atoms with van der Waals surface area (Å²) in [7, 11) is 0. The fourth-order valence-corrected chi connectivity index (χ4v) is 3.67. The molecule has 3 aromatic rings. The largest absolute Gasteiger partial charge is 0.380 e. The number of anilines is 2. The van der Waals surface area contributed by atoms with Crippen LogP contribution in [0.25, 0.3) is 0 Å². The molecule has 1 atom stereocenters. The third kappa shape index (κ3) is 3.43. The van der Waals surface area contributed by atoms with Crippen LogP contribution in [0.15, 0.2) is 67.0 Å². The van der Waals surface area contributed by atoms with E-state index in [1.807, 2.05) is 41.3 Å². The van der Waals surface area contributed by atoms with E-state index in [0.717, 1.165) is 17.8 Å². The Morgan fingerprint density at radius 3 is 2.78 bits per heavy atom. The number of para-hydroxylation sites is 1. The van der Waals surface area contributed by atoms with Crippen molar-refractivity contribution < 1.29 is 4.79 Å². The lowest BCUT2D eigenvalue weighted by Crippen LogP contribution is -2.35. The minimum Gasteiger partial charge on any atom is -0.380 e. The molecule has 4 nitrogen and oxygen atoms in total. The highest BCUT2D eigenvalue weighted by atomic mass is 16.2. The lowest BCUT2D eigenvalue weighted by Gasteiger charge is -2.23. The van der Waals surface area contributed by atoms with Crippen molar-refractivity contribution in [3.05, 3.63) is 89.2 Å². The Kier molecular flexibility index (Phi) is 4.63. The number of aryl methyl sites for hydroxylation is 1. The van der Waals surface area contributed by atoms with Gasteiger partial charge in [0.1, 0.15) is 0 Å². The van der Waals surface area contributed by atoms with E-state index in [1.165, 1.54) is 16.7 Å². The van der Waals surface area contributed by atoms with Crippen LogP contribution in [0.2, 0.25) is 0 Å². The zero-order chi connectivity index (χ0) is 18.8. The van der Waals surface area contributed by atoms with Crippen molar-refractivity contribution >= 4 is 17.3 Å². The summed E-state index contributed by atoms with van der Waals surface area (Å²) in [5.74, 6) is -0.000471. The highest BCUT2D eigenvalue weighted by Gasteiger charge is 2.31. The maximum atomic E-state index is 13.2. The molecule has 0 fully saturated rings. The predicted molar refractivity (Wildman–Crippen MR) is 109 cm³/mol. The SMILES string of the molecule is Cc1ccccc1CNc1cncc(C(=O)N2c3ccccc3CC2C)c1. The van der Waals surface area contributed by atoms with Gasteiger partial charge in [-0.2, -0.15) is 0 Å². The number of pyridine rings is 1. The summed E-state index contributed by atoms with van der Waals surface area (Å²) in [5, 5.41) is 3.38. The number of hydrogen-bond acceptors (Lipinski definition) is 3. The van der Waals surface area contributed by atoms with E-state index in [-0.39, 0.29) is 11.9 Å². The fraction of sp³-hybridized carbons (Fsp3) is 0.217. The summed E-state index contributed by atoms with van der Waals surface area (Å²) >= 11 is 0. The third-order valence-electron chi connectivity index (χ3n) is 5.16. The number of benzene rings is 2. The summed E-state index contributed by atoms with van der Waals surface area (Å²) in [6.45, 7) is 4.89. The maximum Gasteiger partial charge on any atom is 0.260 e. The van der Waals surface area contributed by atoms with Gasteiger partial charge < -0.3 is 10.2 Å². The average molecular weight is 357 g/mol. The first-order valence-corrected chi connectivity index (χ1v) is 9.28. The topological polar surface area (TPSA) is 45.2 Å². The second kappa shape index (κ2) is 7.23. The second-order valence-corrected chi connectivity index (χ2v) is 7.10. The van der Waals surface area contributed by atoms with Crippen LogP contribution in [0, 0.1) is 6.92 Å². The van der Waals surface area contributed by atoms with Gasteiger partial charge in [-0.3, -0.25) is 9.78 Å². The standard InChI is InChI=1S/C23H23N3O/c1-16-7-3-4-9-19(16)14-25-21-12-20(13-24-15-21)23(27)26-17(2)11-18-8-5-6-10-22(18)26/h3-10,12-13,15,17,25H,11,14H2,1-2H3. The molecular formula is C23H23N3O. The van der Waals surface area contributed by atoms with Gasteiger partial charge in [0.15, 0.2) is 0 Å². The average Bonchev–Trinajstić information content (AvgIpc) is 3.02. The Bertz CT molecular complexity index is 983. The molecule has 4 rings (SSSR count). The van der Waals surface area contributed by atoms with Crippen LogP contribution in [0.3, 0.4) is 0 Å². The number of nitrogens with one attached hydrogen (secondary N) is 1. The molecule has 1 aromatic heterocycles. The van der Waals surface area contributed by atoms with Crippen molar-refractivity contribution in [2.24, 2.45) is 0 Å². The number of nitrogens with zero attached hydrogens (tertiary/aromatic N) is 2. The molecule has 1 amide bonds. The van der Waals surface area contributed by atoms with Crippen LogP contribution in [-0.4, -0.2) is 16.9 Å². The minimum atomic E-state index is -0.000471. The van der Waals surface area contributed by atoms with Crippen molar-refractivity contribution in [2.75, 3.05) is 10.2 Å². The molecular weight excluding hydrogens is 334 g/mol. The van der Waals surface area contributed by atoms with Gasteiger partial charge in [-0.25, -0.2) is 0 Å². The van der Waals surface area contributed by atoms with E-state index < -0.39 is 0 Å². The van der Waals surface area contributed by atoms with Gasteiger partial charge in [0.05, 0.1) is 11.3 Å². The summed E-state index contributed by atoms with van der Waals surface area (Å²) in [4.78, 5) is 19.3. The quantitative estimate of drug-likeness (QED) is 0.742. The number of rotatable bonds is 4. The zero-order valence-electron chi connectivity index (χ0n) is 15.6. The molecule has 27 heavy (non-hydrogen) atoms. The number of aromatic nitrogens is 1. The highest BCUT2D eigenvalue weighted by molar-refractivity contribution is 6.08.